The van der Waals surface area contributed by atoms with Crippen molar-refractivity contribution in [3.8, 4) is 6.07 Å². The molecule has 0 unspecified atom stereocenters. The highest BCUT2D eigenvalue weighted by Gasteiger charge is 2.20. The highest BCUT2D eigenvalue weighted by molar-refractivity contribution is 5.53. The molecule has 19 heavy (non-hydrogen) atoms. The van der Waals surface area contributed by atoms with Gasteiger partial charge in [-0.3, -0.25) is 13.9 Å². The van der Waals surface area contributed by atoms with Crippen LogP contribution in [0.25, 0.3) is 0 Å². The molecule has 6 nitrogen and oxygen atoms in total. The van der Waals surface area contributed by atoms with E-state index in [0.29, 0.717) is 24.8 Å². The molecule has 0 aliphatic carbocycles. The van der Waals surface area contributed by atoms with Crippen LogP contribution < -0.4 is 16.1 Å². The molecule has 0 aliphatic rings. The fourth-order valence-corrected chi connectivity index (χ4v) is 2.11. The third kappa shape index (κ3) is 2.70. The Balaban J connectivity index is 3.63. The van der Waals surface area contributed by atoms with Crippen molar-refractivity contribution < 1.29 is 0 Å². The van der Waals surface area contributed by atoms with Crippen molar-refractivity contribution >= 4 is 5.82 Å². The second kappa shape index (κ2) is 5.74. The van der Waals surface area contributed by atoms with E-state index in [9.17, 15) is 14.9 Å². The Morgan fingerprint density at radius 2 is 1.84 bits per heavy atom. The summed E-state index contributed by atoms with van der Waals surface area (Å²) in [6, 6.07) is 1.93. The second-order valence-corrected chi connectivity index (χ2v) is 4.95. The monoisotopic (exact) mass is 264 g/mol. The number of nitriles is 1. The molecule has 0 N–H and O–H groups in total. The fourth-order valence-electron chi connectivity index (χ4n) is 2.11. The van der Waals surface area contributed by atoms with Gasteiger partial charge in [0.1, 0.15) is 11.9 Å². The predicted molar refractivity (Wildman–Crippen MR) is 74.4 cm³/mol. The zero-order valence-corrected chi connectivity index (χ0v) is 12.1. The highest BCUT2D eigenvalue weighted by atomic mass is 16.2. The molecule has 0 radical (unpaired) electrons. The van der Waals surface area contributed by atoms with Crippen LogP contribution in [0.2, 0.25) is 0 Å². The summed E-state index contributed by atoms with van der Waals surface area (Å²) in [5.74, 6) is 0.775. The summed E-state index contributed by atoms with van der Waals surface area (Å²) in [4.78, 5) is 25.9. The average molecular weight is 264 g/mol. The Morgan fingerprint density at radius 3 is 2.26 bits per heavy atom. The van der Waals surface area contributed by atoms with E-state index in [0.717, 1.165) is 4.57 Å². The van der Waals surface area contributed by atoms with E-state index in [4.69, 9.17) is 0 Å². The quantitative estimate of drug-likeness (QED) is 0.791. The minimum atomic E-state index is -0.539. The Morgan fingerprint density at radius 1 is 1.26 bits per heavy atom. The Kier molecular flexibility index (Phi) is 4.54. The normalized spacial score (nSPS) is 10.6. The molecule has 1 aromatic heterocycles. The van der Waals surface area contributed by atoms with E-state index in [1.165, 1.54) is 11.6 Å². The topological polar surface area (TPSA) is 71.0 Å². The maximum absolute atomic E-state index is 12.0. The molecule has 0 fully saturated rings. The maximum atomic E-state index is 12.0. The van der Waals surface area contributed by atoms with Gasteiger partial charge in [0.2, 0.25) is 0 Å². The lowest BCUT2D eigenvalue weighted by Crippen LogP contribution is -2.43. The lowest BCUT2D eigenvalue weighted by molar-refractivity contribution is 0.590. The lowest BCUT2D eigenvalue weighted by Gasteiger charge is -2.27. The van der Waals surface area contributed by atoms with Crippen molar-refractivity contribution in [3.05, 3.63) is 26.4 Å². The Bertz CT molecular complexity index is 619. The van der Waals surface area contributed by atoms with Gasteiger partial charge in [-0.1, -0.05) is 13.8 Å². The molecule has 0 amide bonds. The summed E-state index contributed by atoms with van der Waals surface area (Å²) in [7, 11) is 2.97. The number of aromatic nitrogens is 2. The van der Waals surface area contributed by atoms with Crippen molar-refractivity contribution in [2.24, 2.45) is 20.0 Å². The van der Waals surface area contributed by atoms with Crippen LogP contribution in [-0.4, -0.2) is 22.2 Å². The molecule has 1 rings (SSSR count). The summed E-state index contributed by atoms with van der Waals surface area (Å²) in [5.41, 5.74) is -0.934. The number of anilines is 1. The van der Waals surface area contributed by atoms with Crippen LogP contribution in [0.3, 0.4) is 0 Å². The first-order chi connectivity index (χ1) is 8.84. The first-order valence-corrected chi connectivity index (χ1v) is 6.30. The van der Waals surface area contributed by atoms with Gasteiger partial charge in [-0.15, -0.1) is 0 Å². The summed E-state index contributed by atoms with van der Waals surface area (Å²) >= 11 is 0. The molecular weight excluding hydrogens is 244 g/mol. The zero-order chi connectivity index (χ0) is 14.7. The van der Waals surface area contributed by atoms with E-state index in [-0.39, 0.29) is 5.56 Å². The van der Waals surface area contributed by atoms with Crippen LogP contribution >= 0.6 is 0 Å². The van der Waals surface area contributed by atoms with Gasteiger partial charge in [-0.2, -0.15) is 5.26 Å². The van der Waals surface area contributed by atoms with Gasteiger partial charge in [-0.25, -0.2) is 4.79 Å². The SMILES string of the molecule is CCN(CC(C)C)c1c(C#N)c(=O)n(C)c(=O)n1C. The van der Waals surface area contributed by atoms with Crippen LogP contribution in [-0.2, 0) is 14.1 Å². The second-order valence-electron chi connectivity index (χ2n) is 4.95. The first-order valence-electron chi connectivity index (χ1n) is 6.30. The summed E-state index contributed by atoms with van der Waals surface area (Å²) in [6.07, 6.45) is 0. The molecule has 0 saturated heterocycles. The first kappa shape index (κ1) is 15.0. The van der Waals surface area contributed by atoms with Crippen LogP contribution in [0, 0.1) is 17.2 Å². The molecule has 0 saturated carbocycles. The Hall–Kier alpha value is -2.03. The molecule has 0 atom stereocenters. The van der Waals surface area contributed by atoms with E-state index >= 15 is 0 Å². The van der Waals surface area contributed by atoms with E-state index < -0.39 is 11.2 Å². The molecule has 0 aliphatic heterocycles. The van der Waals surface area contributed by atoms with Gasteiger partial charge in [0.25, 0.3) is 5.56 Å². The molecule has 0 aromatic carbocycles. The molecule has 1 heterocycles. The third-order valence-corrected chi connectivity index (χ3v) is 3.01. The van der Waals surface area contributed by atoms with Crippen molar-refractivity contribution in [1.82, 2.24) is 9.13 Å². The van der Waals surface area contributed by atoms with E-state index in [2.05, 4.69) is 0 Å². The smallest absolute Gasteiger partial charge is 0.332 e. The molecule has 1 aromatic rings. The standard InChI is InChI=1S/C13H20N4O2/c1-6-17(8-9(2)3)11-10(7-14)12(18)16(5)13(19)15(11)4/h9H,6,8H2,1-5H3. The summed E-state index contributed by atoms with van der Waals surface area (Å²) in [5, 5.41) is 9.21. The largest absolute Gasteiger partial charge is 0.357 e. The van der Waals surface area contributed by atoms with Crippen molar-refractivity contribution in [3.63, 3.8) is 0 Å². The summed E-state index contributed by atoms with van der Waals surface area (Å²) < 4.78 is 2.33. The van der Waals surface area contributed by atoms with Gasteiger partial charge in [-0.05, 0) is 12.8 Å². The number of nitrogens with zero attached hydrogens (tertiary/aromatic N) is 4. The van der Waals surface area contributed by atoms with Crippen molar-refractivity contribution in [2.75, 3.05) is 18.0 Å². The molecule has 6 heteroatoms. The number of hydrogen-bond donors (Lipinski definition) is 0. The van der Waals surface area contributed by atoms with Gasteiger partial charge in [0.05, 0.1) is 0 Å². The van der Waals surface area contributed by atoms with E-state index in [1.807, 2.05) is 31.7 Å². The molecular formula is C13H20N4O2. The fraction of sp³-hybridized carbons (Fsp3) is 0.615. The maximum Gasteiger partial charge on any atom is 0.332 e. The minimum absolute atomic E-state index is 0.0205. The molecule has 0 bridgehead atoms. The van der Waals surface area contributed by atoms with Gasteiger partial charge >= 0.3 is 5.69 Å². The van der Waals surface area contributed by atoms with Crippen molar-refractivity contribution in [2.45, 2.75) is 20.8 Å². The van der Waals surface area contributed by atoms with Gasteiger partial charge in [0.15, 0.2) is 5.56 Å². The van der Waals surface area contributed by atoms with Crippen LogP contribution in [0.15, 0.2) is 9.59 Å². The molecule has 104 valence electrons. The predicted octanol–water partition coefficient (Wildman–Crippen LogP) is 0.438. The van der Waals surface area contributed by atoms with Crippen LogP contribution in [0.4, 0.5) is 5.82 Å². The van der Waals surface area contributed by atoms with Crippen LogP contribution in [0.5, 0.6) is 0 Å². The number of rotatable bonds is 4. The Labute approximate surface area is 112 Å². The number of hydrogen-bond acceptors (Lipinski definition) is 4. The highest BCUT2D eigenvalue weighted by Crippen LogP contribution is 2.15. The average Bonchev–Trinajstić information content (AvgIpc) is 2.37. The molecule has 0 spiro atoms. The zero-order valence-electron chi connectivity index (χ0n) is 12.1. The van der Waals surface area contributed by atoms with Crippen molar-refractivity contribution in [1.29, 1.82) is 5.26 Å². The lowest BCUT2D eigenvalue weighted by atomic mass is 10.2. The van der Waals surface area contributed by atoms with E-state index in [1.54, 1.807) is 7.05 Å². The van der Waals surface area contributed by atoms with Gasteiger partial charge in [0, 0.05) is 27.2 Å². The van der Waals surface area contributed by atoms with Crippen LogP contribution in [0.1, 0.15) is 26.3 Å². The van der Waals surface area contributed by atoms with Gasteiger partial charge < -0.3 is 4.90 Å². The summed E-state index contributed by atoms with van der Waals surface area (Å²) in [6.45, 7) is 7.35. The minimum Gasteiger partial charge on any atom is -0.357 e. The third-order valence-electron chi connectivity index (χ3n) is 3.01.